The topological polar surface area (TPSA) is 64.0 Å². The maximum absolute atomic E-state index is 13.4. The fourth-order valence-electron chi connectivity index (χ4n) is 4.44. The summed E-state index contributed by atoms with van der Waals surface area (Å²) < 4.78 is 1.54. The summed E-state index contributed by atoms with van der Waals surface area (Å²) in [6.45, 7) is 1.85. The second-order valence-corrected chi connectivity index (χ2v) is 10.2. The Morgan fingerprint density at radius 1 is 1.12 bits per heavy atom. The molecule has 3 aromatic carbocycles. The number of carbonyl (C=O) groups is 1. The molecule has 2 atom stereocenters. The van der Waals surface area contributed by atoms with Crippen molar-refractivity contribution in [3.63, 3.8) is 0 Å². The van der Waals surface area contributed by atoms with E-state index in [2.05, 4.69) is 17.4 Å². The van der Waals surface area contributed by atoms with Gasteiger partial charge in [0.1, 0.15) is 0 Å². The van der Waals surface area contributed by atoms with E-state index in [1.807, 2.05) is 43.3 Å². The van der Waals surface area contributed by atoms with E-state index < -0.39 is 5.25 Å². The Labute approximate surface area is 207 Å². The lowest BCUT2D eigenvalue weighted by molar-refractivity contribution is -0.121. The van der Waals surface area contributed by atoms with Crippen molar-refractivity contribution in [3.8, 4) is 5.69 Å². The highest BCUT2D eigenvalue weighted by molar-refractivity contribution is 8.00. The number of aryl methyl sites for hydroxylation is 1. The van der Waals surface area contributed by atoms with Crippen molar-refractivity contribution >= 4 is 40.2 Å². The predicted octanol–water partition coefficient (Wildman–Crippen LogP) is 5.71. The number of amides is 1. The molecule has 0 saturated carbocycles. The maximum atomic E-state index is 13.4. The smallest absolute Gasteiger partial charge is 0.266 e. The van der Waals surface area contributed by atoms with Crippen LogP contribution in [0.3, 0.4) is 0 Å². The first-order valence-electron chi connectivity index (χ1n) is 11.3. The van der Waals surface area contributed by atoms with Crippen LogP contribution >= 0.6 is 23.4 Å². The first-order chi connectivity index (χ1) is 16.5. The molecule has 1 aromatic heterocycles. The lowest BCUT2D eigenvalue weighted by Gasteiger charge is -2.27. The highest BCUT2D eigenvalue weighted by Gasteiger charge is 2.25. The molecular weight excluding hydrogens is 466 g/mol. The number of nitrogens with one attached hydrogen (secondary N) is 1. The lowest BCUT2D eigenvalue weighted by Crippen LogP contribution is -2.36. The van der Waals surface area contributed by atoms with Gasteiger partial charge in [-0.05, 0) is 67.6 Å². The van der Waals surface area contributed by atoms with E-state index in [9.17, 15) is 9.59 Å². The van der Waals surface area contributed by atoms with Crippen molar-refractivity contribution in [3.05, 3.63) is 99.3 Å². The van der Waals surface area contributed by atoms with Crippen LogP contribution in [0.15, 0.2) is 82.7 Å². The molecular formula is C27H24ClN3O2S. The molecule has 7 heteroatoms. The molecule has 0 bridgehead atoms. The Morgan fingerprint density at radius 3 is 2.76 bits per heavy atom. The van der Waals surface area contributed by atoms with Crippen LogP contribution in [0, 0.1) is 0 Å². The molecule has 1 aliphatic carbocycles. The third kappa shape index (κ3) is 4.48. The standard InChI is InChI=1S/C27H24ClN3O2S/c1-17(25(32)29-23-15-6-9-18-8-2-3-12-21(18)23)34-27-30-24-14-5-4-13-22(24)26(33)31(27)20-11-7-10-19(28)16-20/h2-5,7-8,10-14,16-17,23H,6,9,15H2,1H3,(H,29,32)/t17-,23+/m1/s1. The number of fused-ring (bicyclic) bond motifs is 2. The van der Waals surface area contributed by atoms with Crippen molar-refractivity contribution in [2.24, 2.45) is 0 Å². The number of hydrogen-bond acceptors (Lipinski definition) is 4. The molecule has 0 aliphatic heterocycles. The van der Waals surface area contributed by atoms with E-state index in [-0.39, 0.29) is 17.5 Å². The second kappa shape index (κ2) is 9.65. The lowest BCUT2D eigenvalue weighted by atomic mass is 9.88. The molecule has 1 amide bonds. The minimum atomic E-state index is -0.451. The molecule has 5 rings (SSSR count). The summed E-state index contributed by atoms with van der Waals surface area (Å²) in [6, 6.07) is 22.6. The first kappa shape index (κ1) is 22.7. The van der Waals surface area contributed by atoms with Crippen molar-refractivity contribution in [1.82, 2.24) is 14.9 Å². The number of para-hydroxylation sites is 1. The normalized spacial score (nSPS) is 16.1. The van der Waals surface area contributed by atoms with Gasteiger partial charge in [-0.15, -0.1) is 0 Å². The molecule has 34 heavy (non-hydrogen) atoms. The van der Waals surface area contributed by atoms with Gasteiger partial charge in [0.25, 0.3) is 5.56 Å². The number of hydrogen-bond donors (Lipinski definition) is 1. The summed E-state index contributed by atoms with van der Waals surface area (Å²) in [5.74, 6) is -0.0771. The van der Waals surface area contributed by atoms with Gasteiger partial charge in [-0.25, -0.2) is 4.98 Å². The number of carbonyl (C=O) groups excluding carboxylic acids is 1. The van der Waals surface area contributed by atoms with Gasteiger partial charge in [0.15, 0.2) is 5.16 Å². The number of thioether (sulfide) groups is 1. The number of halogens is 1. The molecule has 0 radical (unpaired) electrons. The van der Waals surface area contributed by atoms with Crippen LogP contribution in [-0.2, 0) is 11.2 Å². The monoisotopic (exact) mass is 489 g/mol. The Bertz CT molecular complexity index is 1440. The molecule has 0 fully saturated rings. The summed E-state index contributed by atoms with van der Waals surface area (Å²) in [7, 11) is 0. The van der Waals surface area contributed by atoms with Gasteiger partial charge in [0.05, 0.1) is 27.9 Å². The third-order valence-electron chi connectivity index (χ3n) is 6.15. The Morgan fingerprint density at radius 2 is 1.91 bits per heavy atom. The number of rotatable bonds is 5. The minimum absolute atomic E-state index is 0.000172. The predicted molar refractivity (Wildman–Crippen MR) is 138 cm³/mol. The first-order valence-corrected chi connectivity index (χ1v) is 12.6. The average Bonchev–Trinajstić information content (AvgIpc) is 2.84. The maximum Gasteiger partial charge on any atom is 0.266 e. The number of nitrogens with zero attached hydrogens (tertiary/aromatic N) is 2. The summed E-state index contributed by atoms with van der Waals surface area (Å²) in [6.07, 6.45) is 3.01. The van der Waals surface area contributed by atoms with Crippen LogP contribution in [0.2, 0.25) is 5.02 Å². The Hall–Kier alpha value is -3.09. The zero-order valence-corrected chi connectivity index (χ0v) is 20.3. The summed E-state index contributed by atoms with van der Waals surface area (Å²) in [4.78, 5) is 31.4. The Kier molecular flexibility index (Phi) is 6.44. The molecule has 1 N–H and O–H groups in total. The van der Waals surface area contributed by atoms with Crippen LogP contribution in [0.25, 0.3) is 16.6 Å². The number of aromatic nitrogens is 2. The van der Waals surface area contributed by atoms with E-state index in [1.165, 1.54) is 22.9 Å². The molecule has 0 unspecified atom stereocenters. The van der Waals surface area contributed by atoms with Crippen LogP contribution in [0.4, 0.5) is 0 Å². The van der Waals surface area contributed by atoms with E-state index >= 15 is 0 Å². The van der Waals surface area contributed by atoms with Crippen LogP contribution in [-0.4, -0.2) is 20.7 Å². The van der Waals surface area contributed by atoms with Gasteiger partial charge in [0, 0.05) is 5.02 Å². The molecule has 4 aromatic rings. The molecule has 0 spiro atoms. The van der Waals surface area contributed by atoms with Gasteiger partial charge < -0.3 is 5.32 Å². The van der Waals surface area contributed by atoms with E-state index in [0.29, 0.717) is 26.8 Å². The van der Waals surface area contributed by atoms with Gasteiger partial charge >= 0.3 is 0 Å². The van der Waals surface area contributed by atoms with E-state index in [0.717, 1.165) is 19.3 Å². The van der Waals surface area contributed by atoms with E-state index in [4.69, 9.17) is 16.6 Å². The van der Waals surface area contributed by atoms with Crippen molar-refractivity contribution in [2.45, 2.75) is 42.6 Å². The van der Waals surface area contributed by atoms with Crippen molar-refractivity contribution in [2.75, 3.05) is 0 Å². The fraction of sp³-hybridized carbons (Fsp3) is 0.222. The second-order valence-electron chi connectivity index (χ2n) is 8.44. The Balaban J connectivity index is 1.47. The zero-order chi connectivity index (χ0) is 23.7. The van der Waals surface area contributed by atoms with Crippen molar-refractivity contribution in [1.29, 1.82) is 0 Å². The summed E-state index contributed by atoms with van der Waals surface area (Å²) >= 11 is 7.49. The van der Waals surface area contributed by atoms with Gasteiger partial charge in [-0.3, -0.25) is 14.2 Å². The molecule has 172 valence electrons. The highest BCUT2D eigenvalue weighted by atomic mass is 35.5. The molecule has 0 saturated heterocycles. The molecule has 1 heterocycles. The van der Waals surface area contributed by atoms with Crippen LogP contribution in [0.5, 0.6) is 0 Å². The zero-order valence-electron chi connectivity index (χ0n) is 18.7. The summed E-state index contributed by atoms with van der Waals surface area (Å²) in [5.41, 5.74) is 3.52. The molecule has 1 aliphatic rings. The van der Waals surface area contributed by atoms with E-state index in [1.54, 1.807) is 28.8 Å². The largest absolute Gasteiger partial charge is 0.348 e. The highest BCUT2D eigenvalue weighted by Crippen LogP contribution is 2.31. The average molecular weight is 490 g/mol. The van der Waals surface area contributed by atoms with Crippen LogP contribution < -0.4 is 10.9 Å². The van der Waals surface area contributed by atoms with Gasteiger partial charge in [-0.1, -0.05) is 65.8 Å². The minimum Gasteiger partial charge on any atom is -0.348 e. The third-order valence-corrected chi connectivity index (χ3v) is 7.44. The quantitative estimate of drug-likeness (QED) is 0.288. The summed E-state index contributed by atoms with van der Waals surface area (Å²) in [5, 5.41) is 4.26. The molecule has 5 nitrogen and oxygen atoms in total. The number of benzene rings is 3. The van der Waals surface area contributed by atoms with Crippen molar-refractivity contribution < 1.29 is 4.79 Å². The van der Waals surface area contributed by atoms with Crippen LogP contribution in [0.1, 0.15) is 36.9 Å². The fourth-order valence-corrected chi connectivity index (χ4v) is 5.56. The SMILES string of the molecule is C[C@@H](Sc1nc2ccccc2c(=O)n1-c1cccc(Cl)c1)C(=O)N[C@H]1CCCc2ccccc21. The van der Waals surface area contributed by atoms with Gasteiger partial charge in [0.2, 0.25) is 5.91 Å². The van der Waals surface area contributed by atoms with Gasteiger partial charge in [-0.2, -0.15) is 0 Å².